The molecule has 7 heteroatoms. The van der Waals surface area contributed by atoms with Crippen LogP contribution < -0.4 is 0 Å². The van der Waals surface area contributed by atoms with Gasteiger partial charge in [-0.2, -0.15) is 4.31 Å². The van der Waals surface area contributed by atoms with E-state index >= 15 is 0 Å². The monoisotopic (exact) mass is 326 g/mol. The molecule has 5 nitrogen and oxygen atoms in total. The molecule has 3 rings (SSSR count). The maximum atomic E-state index is 12.7. The van der Waals surface area contributed by atoms with Crippen LogP contribution in [0.4, 0.5) is 0 Å². The molecule has 1 aliphatic carbocycles. The van der Waals surface area contributed by atoms with Crippen molar-refractivity contribution in [1.29, 1.82) is 0 Å². The maximum absolute atomic E-state index is 12.7. The van der Waals surface area contributed by atoms with Gasteiger partial charge in [-0.3, -0.25) is 0 Å². The van der Waals surface area contributed by atoms with Crippen molar-refractivity contribution in [3.63, 3.8) is 0 Å². The molecule has 1 aromatic carbocycles. The van der Waals surface area contributed by atoms with Gasteiger partial charge in [0.05, 0.1) is 17.0 Å². The second kappa shape index (κ2) is 5.53. The Labute approximate surface area is 128 Å². The third kappa shape index (κ3) is 2.89. The van der Waals surface area contributed by atoms with Crippen LogP contribution in [-0.4, -0.2) is 42.0 Å². The molecule has 0 atom stereocenters. The minimum absolute atomic E-state index is 0.0150. The number of hydrogen-bond donors (Lipinski definition) is 1. The highest BCUT2D eigenvalue weighted by atomic mass is 35.5. The normalized spacial score (nSPS) is 15.8. The summed E-state index contributed by atoms with van der Waals surface area (Å²) < 4.78 is 26.8. The number of pyridine rings is 1. The smallest absolute Gasteiger partial charge is 0.243 e. The van der Waals surface area contributed by atoms with Crippen LogP contribution in [0.5, 0.6) is 0 Å². The average Bonchev–Trinajstić information content (AvgIpc) is 3.28. The molecule has 1 aliphatic rings. The minimum Gasteiger partial charge on any atom is -0.395 e. The molecule has 1 N–H and O–H groups in total. The second-order valence-corrected chi connectivity index (χ2v) is 7.34. The molecule has 1 heterocycles. The first-order valence-corrected chi connectivity index (χ1v) is 8.53. The Bertz CT molecular complexity index is 775. The fourth-order valence-corrected chi connectivity index (χ4v) is 4.20. The van der Waals surface area contributed by atoms with Crippen LogP contribution in [0.25, 0.3) is 10.9 Å². The van der Waals surface area contributed by atoms with E-state index in [2.05, 4.69) is 4.98 Å². The van der Waals surface area contributed by atoms with E-state index in [0.29, 0.717) is 10.7 Å². The van der Waals surface area contributed by atoms with Gasteiger partial charge in [0.15, 0.2) is 0 Å². The number of aromatic nitrogens is 1. The lowest BCUT2D eigenvalue weighted by Gasteiger charge is -2.21. The van der Waals surface area contributed by atoms with E-state index in [0.717, 1.165) is 18.2 Å². The Hall–Kier alpha value is -1.21. The summed E-state index contributed by atoms with van der Waals surface area (Å²) in [4.78, 5) is 4.37. The van der Waals surface area contributed by atoms with Crippen LogP contribution in [0.1, 0.15) is 12.8 Å². The fraction of sp³-hybridized carbons (Fsp3) is 0.357. The highest BCUT2D eigenvalue weighted by Crippen LogP contribution is 2.32. The highest BCUT2D eigenvalue weighted by molar-refractivity contribution is 7.89. The molecular weight excluding hydrogens is 312 g/mol. The lowest BCUT2D eigenvalue weighted by Crippen LogP contribution is -2.35. The number of fused-ring (bicyclic) bond motifs is 1. The van der Waals surface area contributed by atoms with Crippen molar-refractivity contribution in [1.82, 2.24) is 9.29 Å². The van der Waals surface area contributed by atoms with Crippen molar-refractivity contribution in [2.75, 3.05) is 13.2 Å². The van der Waals surface area contributed by atoms with E-state index < -0.39 is 10.0 Å². The standard InChI is InChI=1S/C14H15ClN2O3S/c15-14-6-1-10-9-12(4-5-13(10)16-14)21(19,20)17(7-8-18)11-2-3-11/h1,4-6,9,11,18H,2-3,7-8H2. The maximum Gasteiger partial charge on any atom is 0.243 e. The zero-order valence-electron chi connectivity index (χ0n) is 11.2. The van der Waals surface area contributed by atoms with E-state index in [4.69, 9.17) is 16.7 Å². The van der Waals surface area contributed by atoms with Gasteiger partial charge in [-0.1, -0.05) is 11.6 Å². The molecular formula is C14H15ClN2O3S. The second-order valence-electron chi connectivity index (χ2n) is 5.06. The molecule has 1 saturated carbocycles. The molecule has 2 aromatic rings. The van der Waals surface area contributed by atoms with Crippen LogP contribution in [0.2, 0.25) is 5.15 Å². The molecule has 0 spiro atoms. The molecule has 0 bridgehead atoms. The van der Waals surface area contributed by atoms with E-state index in [-0.39, 0.29) is 24.1 Å². The van der Waals surface area contributed by atoms with Gasteiger partial charge in [0.1, 0.15) is 5.15 Å². The summed E-state index contributed by atoms with van der Waals surface area (Å²) in [6.45, 7) is -0.0512. The molecule has 0 unspecified atom stereocenters. The molecule has 112 valence electrons. The number of aliphatic hydroxyl groups excluding tert-OH is 1. The number of hydrogen-bond acceptors (Lipinski definition) is 4. The zero-order valence-corrected chi connectivity index (χ0v) is 12.8. The lowest BCUT2D eigenvalue weighted by atomic mass is 10.2. The van der Waals surface area contributed by atoms with Gasteiger partial charge in [0.2, 0.25) is 10.0 Å². The summed E-state index contributed by atoms with van der Waals surface area (Å²) in [6.07, 6.45) is 1.70. The van der Waals surface area contributed by atoms with Crippen LogP contribution in [0.15, 0.2) is 35.2 Å². The van der Waals surface area contributed by atoms with Crippen molar-refractivity contribution in [2.45, 2.75) is 23.8 Å². The van der Waals surface area contributed by atoms with Crippen LogP contribution in [-0.2, 0) is 10.0 Å². The summed E-state index contributed by atoms with van der Waals surface area (Å²) in [5.74, 6) is 0. The summed E-state index contributed by atoms with van der Waals surface area (Å²) in [6, 6.07) is 8.18. The molecule has 0 radical (unpaired) electrons. The van der Waals surface area contributed by atoms with Crippen LogP contribution >= 0.6 is 11.6 Å². The quantitative estimate of drug-likeness (QED) is 0.853. The van der Waals surface area contributed by atoms with Gasteiger partial charge in [0, 0.05) is 18.0 Å². The number of benzene rings is 1. The fourth-order valence-electron chi connectivity index (χ4n) is 2.33. The Morgan fingerprint density at radius 1 is 1.29 bits per heavy atom. The Morgan fingerprint density at radius 3 is 2.71 bits per heavy atom. The third-order valence-corrected chi connectivity index (χ3v) is 5.67. The van der Waals surface area contributed by atoms with Crippen molar-refractivity contribution in [2.24, 2.45) is 0 Å². The van der Waals surface area contributed by atoms with E-state index in [1.54, 1.807) is 24.3 Å². The van der Waals surface area contributed by atoms with Gasteiger partial charge >= 0.3 is 0 Å². The average molecular weight is 327 g/mol. The summed E-state index contributed by atoms with van der Waals surface area (Å²) in [5.41, 5.74) is 0.654. The van der Waals surface area contributed by atoms with Gasteiger partial charge in [-0.05, 0) is 43.2 Å². The minimum atomic E-state index is -3.59. The van der Waals surface area contributed by atoms with Crippen LogP contribution in [0.3, 0.4) is 0 Å². The van der Waals surface area contributed by atoms with E-state index in [9.17, 15) is 8.42 Å². The molecule has 1 fully saturated rings. The van der Waals surface area contributed by atoms with Gasteiger partial charge < -0.3 is 5.11 Å². The number of rotatable bonds is 5. The third-order valence-electron chi connectivity index (χ3n) is 3.51. The van der Waals surface area contributed by atoms with Crippen molar-refractivity contribution in [3.05, 3.63) is 35.5 Å². The van der Waals surface area contributed by atoms with Gasteiger partial charge in [0.25, 0.3) is 0 Å². The Morgan fingerprint density at radius 2 is 2.05 bits per heavy atom. The number of sulfonamides is 1. The Kier molecular flexibility index (Phi) is 3.88. The molecule has 0 aliphatic heterocycles. The lowest BCUT2D eigenvalue weighted by molar-refractivity contribution is 0.250. The summed E-state index contributed by atoms with van der Waals surface area (Å²) in [5, 5.41) is 10.2. The molecule has 21 heavy (non-hydrogen) atoms. The first-order valence-electron chi connectivity index (χ1n) is 6.71. The number of nitrogens with zero attached hydrogens (tertiary/aromatic N) is 2. The van der Waals surface area contributed by atoms with Crippen molar-refractivity contribution < 1.29 is 13.5 Å². The molecule has 1 aromatic heterocycles. The van der Waals surface area contributed by atoms with E-state index in [1.165, 1.54) is 10.4 Å². The van der Waals surface area contributed by atoms with Gasteiger partial charge in [-0.15, -0.1) is 0 Å². The van der Waals surface area contributed by atoms with Crippen LogP contribution in [0, 0.1) is 0 Å². The number of aliphatic hydroxyl groups is 1. The molecule has 0 amide bonds. The first kappa shape index (κ1) is 14.7. The summed E-state index contributed by atoms with van der Waals surface area (Å²) >= 11 is 5.82. The van der Waals surface area contributed by atoms with Crippen molar-refractivity contribution in [3.8, 4) is 0 Å². The highest BCUT2D eigenvalue weighted by Gasteiger charge is 2.37. The largest absolute Gasteiger partial charge is 0.395 e. The Balaban J connectivity index is 2.03. The van der Waals surface area contributed by atoms with Crippen molar-refractivity contribution >= 4 is 32.5 Å². The van der Waals surface area contributed by atoms with E-state index in [1.807, 2.05) is 0 Å². The summed E-state index contributed by atoms with van der Waals surface area (Å²) in [7, 11) is -3.59. The van der Waals surface area contributed by atoms with Gasteiger partial charge in [-0.25, -0.2) is 13.4 Å². The SMILES string of the molecule is O=S(=O)(c1ccc2nc(Cl)ccc2c1)N(CCO)C1CC1. The zero-order chi connectivity index (χ0) is 15.0. The topological polar surface area (TPSA) is 70.5 Å². The first-order chi connectivity index (χ1) is 10.0. The predicted molar refractivity (Wildman–Crippen MR) is 80.8 cm³/mol. The molecule has 0 saturated heterocycles. The number of halogens is 1. The predicted octanol–water partition coefficient (Wildman–Crippen LogP) is 2.03.